The van der Waals surface area contributed by atoms with E-state index >= 15 is 0 Å². The molecule has 0 saturated carbocycles. The van der Waals surface area contributed by atoms with E-state index < -0.39 is 11.5 Å². The molecule has 64 valence electrons. The van der Waals surface area contributed by atoms with Crippen LogP contribution in [0.1, 0.15) is 19.8 Å². The Labute approximate surface area is 65.8 Å². The molecule has 1 aliphatic heterocycles. The summed E-state index contributed by atoms with van der Waals surface area (Å²) in [4.78, 5) is 10.6. The highest BCUT2D eigenvalue weighted by Crippen LogP contribution is 2.18. The maximum absolute atomic E-state index is 10.6. The van der Waals surface area contributed by atoms with Crippen molar-refractivity contribution in [1.82, 2.24) is 5.32 Å². The molecule has 0 unspecified atom stereocenters. The number of hydrogen-bond donors (Lipinski definition) is 3. The summed E-state index contributed by atoms with van der Waals surface area (Å²) in [5.41, 5.74) is 4.58. The van der Waals surface area contributed by atoms with E-state index in [-0.39, 0.29) is 6.04 Å². The summed E-state index contributed by atoms with van der Waals surface area (Å²) in [5.74, 6) is -0.902. The minimum atomic E-state index is -1.03. The lowest BCUT2D eigenvalue weighted by Gasteiger charge is -2.15. The first kappa shape index (κ1) is 8.49. The zero-order chi connectivity index (χ0) is 8.48. The Kier molecular flexibility index (Phi) is 2.15. The van der Waals surface area contributed by atoms with Crippen molar-refractivity contribution in [2.45, 2.75) is 31.3 Å². The first-order valence-corrected chi connectivity index (χ1v) is 3.84. The molecule has 0 aromatic heterocycles. The van der Waals surface area contributed by atoms with Crippen molar-refractivity contribution in [3.63, 3.8) is 0 Å². The van der Waals surface area contributed by atoms with Gasteiger partial charge in [-0.15, -0.1) is 0 Å². The quantitative estimate of drug-likeness (QED) is 0.508. The Morgan fingerprint density at radius 1 is 1.91 bits per heavy atom. The molecular formula is C7H14N2O2. The summed E-state index contributed by atoms with van der Waals surface area (Å²) < 4.78 is 0. The average Bonchev–Trinajstić information content (AvgIpc) is 2.33. The summed E-state index contributed by atoms with van der Waals surface area (Å²) in [6, 6.07) is 0.274. The van der Waals surface area contributed by atoms with Crippen molar-refractivity contribution in [3.8, 4) is 0 Å². The van der Waals surface area contributed by atoms with Crippen molar-refractivity contribution < 1.29 is 9.90 Å². The minimum Gasteiger partial charge on any atom is -0.480 e. The number of aliphatic carboxylic acids is 1. The normalized spacial score (nSPS) is 37.5. The van der Waals surface area contributed by atoms with E-state index in [0.717, 1.165) is 6.42 Å². The van der Waals surface area contributed by atoms with Gasteiger partial charge in [0.05, 0.1) is 0 Å². The first-order valence-electron chi connectivity index (χ1n) is 3.84. The maximum Gasteiger partial charge on any atom is 0.325 e. The van der Waals surface area contributed by atoms with Crippen LogP contribution in [0.2, 0.25) is 0 Å². The SMILES string of the molecule is CC[C@@H]1C[C@](N)(C(=O)O)CN1. The molecule has 0 bridgehead atoms. The lowest BCUT2D eigenvalue weighted by Crippen LogP contribution is -2.49. The zero-order valence-electron chi connectivity index (χ0n) is 6.63. The molecular weight excluding hydrogens is 144 g/mol. The Morgan fingerprint density at radius 3 is 2.82 bits per heavy atom. The Bertz CT molecular complexity index is 172. The van der Waals surface area contributed by atoms with Crippen molar-refractivity contribution in [3.05, 3.63) is 0 Å². The topological polar surface area (TPSA) is 75.4 Å². The van der Waals surface area contributed by atoms with Gasteiger partial charge in [-0.05, 0) is 12.8 Å². The third-order valence-electron chi connectivity index (χ3n) is 2.24. The predicted octanol–water partition coefficient (Wildman–Crippen LogP) is -0.460. The van der Waals surface area contributed by atoms with Gasteiger partial charge in [-0.2, -0.15) is 0 Å². The van der Waals surface area contributed by atoms with Crippen LogP contribution in [0.15, 0.2) is 0 Å². The van der Waals surface area contributed by atoms with Crippen LogP contribution in [0.4, 0.5) is 0 Å². The van der Waals surface area contributed by atoms with Gasteiger partial charge in [-0.1, -0.05) is 6.92 Å². The molecule has 0 spiro atoms. The highest BCUT2D eigenvalue weighted by atomic mass is 16.4. The van der Waals surface area contributed by atoms with Crippen molar-refractivity contribution >= 4 is 5.97 Å². The molecule has 4 N–H and O–H groups in total. The molecule has 4 nitrogen and oxygen atoms in total. The first-order chi connectivity index (χ1) is 5.08. The summed E-state index contributed by atoms with van der Waals surface area (Å²) in [5, 5.41) is 11.8. The summed E-state index contributed by atoms with van der Waals surface area (Å²) in [6.07, 6.45) is 1.48. The largest absolute Gasteiger partial charge is 0.480 e. The molecule has 0 aromatic carbocycles. The second-order valence-electron chi connectivity index (χ2n) is 3.15. The van der Waals surface area contributed by atoms with Crippen LogP contribution in [-0.2, 0) is 4.79 Å². The third-order valence-corrected chi connectivity index (χ3v) is 2.24. The molecule has 4 heteroatoms. The molecule has 0 aliphatic carbocycles. The Balaban J connectivity index is 2.57. The van der Waals surface area contributed by atoms with E-state index in [2.05, 4.69) is 5.32 Å². The monoisotopic (exact) mass is 158 g/mol. The summed E-state index contributed by atoms with van der Waals surface area (Å²) in [7, 11) is 0. The molecule has 11 heavy (non-hydrogen) atoms. The Hall–Kier alpha value is -0.610. The van der Waals surface area contributed by atoms with Gasteiger partial charge in [0.1, 0.15) is 5.54 Å². The van der Waals surface area contributed by atoms with Gasteiger partial charge in [0.2, 0.25) is 0 Å². The van der Waals surface area contributed by atoms with Gasteiger partial charge in [0.15, 0.2) is 0 Å². The molecule has 1 fully saturated rings. The average molecular weight is 158 g/mol. The molecule has 0 radical (unpaired) electrons. The fourth-order valence-corrected chi connectivity index (χ4v) is 1.36. The van der Waals surface area contributed by atoms with Crippen LogP contribution in [0.5, 0.6) is 0 Å². The fraction of sp³-hybridized carbons (Fsp3) is 0.857. The van der Waals surface area contributed by atoms with Gasteiger partial charge in [0, 0.05) is 12.6 Å². The molecule has 2 atom stereocenters. The molecule has 1 aliphatic rings. The van der Waals surface area contributed by atoms with Crippen LogP contribution in [0, 0.1) is 0 Å². The fourth-order valence-electron chi connectivity index (χ4n) is 1.36. The van der Waals surface area contributed by atoms with Crippen molar-refractivity contribution in [2.75, 3.05) is 6.54 Å². The number of nitrogens with two attached hydrogens (primary N) is 1. The number of carboxylic acid groups (broad SMARTS) is 1. The smallest absolute Gasteiger partial charge is 0.325 e. The van der Waals surface area contributed by atoms with E-state index in [1.54, 1.807) is 0 Å². The molecule has 1 rings (SSSR count). The van der Waals surface area contributed by atoms with Crippen LogP contribution < -0.4 is 11.1 Å². The molecule has 1 saturated heterocycles. The second kappa shape index (κ2) is 2.79. The number of carbonyl (C=O) groups is 1. The number of hydrogen-bond acceptors (Lipinski definition) is 3. The van der Waals surface area contributed by atoms with E-state index in [4.69, 9.17) is 10.8 Å². The molecule has 1 heterocycles. The van der Waals surface area contributed by atoms with Crippen molar-refractivity contribution in [1.29, 1.82) is 0 Å². The van der Waals surface area contributed by atoms with E-state index in [1.165, 1.54) is 0 Å². The lowest BCUT2D eigenvalue weighted by atomic mass is 9.97. The van der Waals surface area contributed by atoms with Crippen LogP contribution >= 0.6 is 0 Å². The standard InChI is InChI=1S/C7H14N2O2/c1-2-5-3-7(8,4-9-5)6(10)11/h5,9H,2-4,8H2,1H3,(H,10,11)/t5-,7-/m1/s1. The predicted molar refractivity (Wildman–Crippen MR) is 41.3 cm³/mol. The second-order valence-corrected chi connectivity index (χ2v) is 3.15. The summed E-state index contributed by atoms with van der Waals surface area (Å²) in [6.45, 7) is 2.41. The van der Waals surface area contributed by atoms with Crippen LogP contribution in [0.25, 0.3) is 0 Å². The number of carboxylic acids is 1. The summed E-state index contributed by atoms with van der Waals surface area (Å²) >= 11 is 0. The van der Waals surface area contributed by atoms with E-state index in [0.29, 0.717) is 13.0 Å². The van der Waals surface area contributed by atoms with E-state index in [1.807, 2.05) is 6.92 Å². The van der Waals surface area contributed by atoms with Gasteiger partial charge in [0.25, 0.3) is 0 Å². The maximum atomic E-state index is 10.6. The van der Waals surface area contributed by atoms with Gasteiger partial charge < -0.3 is 16.2 Å². The third kappa shape index (κ3) is 1.52. The Morgan fingerprint density at radius 2 is 2.55 bits per heavy atom. The highest BCUT2D eigenvalue weighted by Gasteiger charge is 2.41. The van der Waals surface area contributed by atoms with Crippen LogP contribution in [-0.4, -0.2) is 29.2 Å². The van der Waals surface area contributed by atoms with Gasteiger partial charge in [-0.3, -0.25) is 4.79 Å². The van der Waals surface area contributed by atoms with Crippen molar-refractivity contribution in [2.24, 2.45) is 5.73 Å². The molecule has 0 aromatic rings. The lowest BCUT2D eigenvalue weighted by molar-refractivity contribution is -0.142. The van der Waals surface area contributed by atoms with Crippen LogP contribution in [0.3, 0.4) is 0 Å². The van der Waals surface area contributed by atoms with E-state index in [9.17, 15) is 4.79 Å². The minimum absolute atomic E-state index is 0.274. The number of nitrogens with one attached hydrogen (secondary N) is 1. The highest BCUT2D eigenvalue weighted by molar-refractivity contribution is 5.79. The molecule has 0 amide bonds. The van der Waals surface area contributed by atoms with Gasteiger partial charge in [-0.25, -0.2) is 0 Å². The number of rotatable bonds is 2. The van der Waals surface area contributed by atoms with Gasteiger partial charge >= 0.3 is 5.97 Å². The zero-order valence-corrected chi connectivity index (χ0v) is 6.63.